The number of aromatic nitrogens is 2. The molecule has 1 atom stereocenters. The molecular weight excluding hydrogens is 338 g/mol. The van der Waals surface area contributed by atoms with Gasteiger partial charge in [-0.25, -0.2) is 9.98 Å². The third-order valence-corrected chi connectivity index (χ3v) is 3.97. The van der Waals surface area contributed by atoms with Crippen molar-refractivity contribution in [1.29, 1.82) is 0 Å². The molecule has 0 bridgehead atoms. The zero-order chi connectivity index (χ0) is 19.6. The van der Waals surface area contributed by atoms with Crippen molar-refractivity contribution in [3.8, 4) is 5.75 Å². The largest absolute Gasteiger partial charge is 0.489 e. The topological polar surface area (TPSA) is 63.5 Å². The van der Waals surface area contributed by atoms with Crippen LogP contribution in [0.1, 0.15) is 39.1 Å². The molecule has 27 heavy (non-hydrogen) atoms. The molecule has 1 heterocycles. The minimum absolute atomic E-state index is 0.0265. The van der Waals surface area contributed by atoms with Crippen molar-refractivity contribution in [3.05, 3.63) is 48.0 Å². The summed E-state index contributed by atoms with van der Waals surface area (Å²) in [5.74, 6) is 3.22. The molecular formula is C21H33N5O. The minimum atomic E-state index is 0.0265. The highest BCUT2D eigenvalue weighted by Crippen LogP contribution is 2.13. The average Bonchev–Trinajstić information content (AvgIpc) is 3.03. The minimum Gasteiger partial charge on any atom is -0.489 e. The van der Waals surface area contributed by atoms with Gasteiger partial charge in [-0.3, -0.25) is 0 Å². The summed E-state index contributed by atoms with van der Waals surface area (Å²) < 4.78 is 8.14. The number of aryl methyl sites for hydroxylation is 1. The van der Waals surface area contributed by atoms with Gasteiger partial charge in [0.2, 0.25) is 0 Å². The van der Waals surface area contributed by atoms with Gasteiger partial charge in [-0.2, -0.15) is 0 Å². The summed E-state index contributed by atoms with van der Waals surface area (Å²) in [4.78, 5) is 9.11. The highest BCUT2D eigenvalue weighted by atomic mass is 16.5. The number of nitrogens with one attached hydrogen (secondary N) is 2. The van der Waals surface area contributed by atoms with Gasteiger partial charge in [0.05, 0.1) is 6.54 Å². The lowest BCUT2D eigenvalue weighted by Crippen LogP contribution is -2.41. The van der Waals surface area contributed by atoms with E-state index in [9.17, 15) is 0 Å². The van der Waals surface area contributed by atoms with Crippen molar-refractivity contribution >= 4 is 5.96 Å². The van der Waals surface area contributed by atoms with Crippen LogP contribution in [0.2, 0.25) is 0 Å². The molecule has 148 valence electrons. The second-order valence-corrected chi connectivity index (χ2v) is 7.21. The Kier molecular flexibility index (Phi) is 8.17. The molecule has 0 aliphatic rings. The van der Waals surface area contributed by atoms with E-state index in [2.05, 4.69) is 58.9 Å². The number of hydrogen-bond donors (Lipinski definition) is 2. The number of benzene rings is 1. The fraction of sp³-hybridized carbons (Fsp3) is 0.524. The lowest BCUT2D eigenvalue weighted by Gasteiger charge is -2.18. The Hall–Kier alpha value is -2.50. The fourth-order valence-corrected chi connectivity index (χ4v) is 2.75. The standard InChI is InChI=1S/C21H33N5O/c1-6-22-21(25-14-20-23-10-11-26(20)15-16(2)3)24-13-18(5)27-19-9-7-8-17(4)12-19/h7-12,16,18H,6,13-15H2,1-5H3,(H2,22,24,25). The zero-order valence-electron chi connectivity index (χ0n) is 17.2. The molecule has 1 aromatic carbocycles. The molecule has 0 spiro atoms. The lowest BCUT2D eigenvalue weighted by atomic mass is 10.2. The number of hydrogen-bond acceptors (Lipinski definition) is 3. The summed E-state index contributed by atoms with van der Waals surface area (Å²) in [5.41, 5.74) is 1.19. The summed E-state index contributed by atoms with van der Waals surface area (Å²) >= 11 is 0. The quantitative estimate of drug-likeness (QED) is 0.524. The normalized spacial score (nSPS) is 12.9. The average molecular weight is 372 g/mol. The molecule has 0 aliphatic carbocycles. The van der Waals surface area contributed by atoms with Gasteiger partial charge in [0.25, 0.3) is 0 Å². The van der Waals surface area contributed by atoms with Gasteiger partial charge in [0.15, 0.2) is 5.96 Å². The van der Waals surface area contributed by atoms with Gasteiger partial charge < -0.3 is 19.9 Å². The highest BCUT2D eigenvalue weighted by Gasteiger charge is 2.08. The predicted molar refractivity (Wildman–Crippen MR) is 111 cm³/mol. The summed E-state index contributed by atoms with van der Waals surface area (Å²) in [7, 11) is 0. The molecule has 0 saturated heterocycles. The Morgan fingerprint density at radius 1 is 1.26 bits per heavy atom. The molecule has 1 unspecified atom stereocenters. The van der Waals surface area contributed by atoms with Gasteiger partial charge >= 0.3 is 0 Å². The first-order valence-corrected chi connectivity index (χ1v) is 9.73. The van der Waals surface area contributed by atoms with Crippen LogP contribution in [0.25, 0.3) is 0 Å². The molecule has 0 fully saturated rings. The Balaban J connectivity index is 1.90. The SMILES string of the molecule is CCNC(=NCc1nccn1CC(C)C)NCC(C)Oc1cccc(C)c1. The Labute approximate surface area is 163 Å². The number of imidazole rings is 1. The molecule has 6 heteroatoms. The van der Waals surface area contributed by atoms with Crippen LogP contribution in [0.3, 0.4) is 0 Å². The van der Waals surface area contributed by atoms with Crippen LogP contribution in [0.4, 0.5) is 0 Å². The molecule has 0 aliphatic heterocycles. The van der Waals surface area contributed by atoms with Gasteiger partial charge in [-0.05, 0) is 44.4 Å². The summed E-state index contributed by atoms with van der Waals surface area (Å²) in [5, 5.41) is 6.63. The van der Waals surface area contributed by atoms with Crippen molar-refractivity contribution in [1.82, 2.24) is 20.2 Å². The Bertz CT molecular complexity index is 723. The van der Waals surface area contributed by atoms with Crippen LogP contribution >= 0.6 is 0 Å². The van der Waals surface area contributed by atoms with E-state index >= 15 is 0 Å². The maximum atomic E-state index is 5.98. The molecule has 2 N–H and O–H groups in total. The third kappa shape index (κ3) is 7.33. The highest BCUT2D eigenvalue weighted by molar-refractivity contribution is 5.79. The molecule has 0 radical (unpaired) electrons. The summed E-state index contributed by atoms with van der Waals surface area (Å²) in [6.45, 7) is 13.5. The van der Waals surface area contributed by atoms with E-state index in [0.29, 0.717) is 19.0 Å². The van der Waals surface area contributed by atoms with Crippen molar-refractivity contribution < 1.29 is 4.74 Å². The van der Waals surface area contributed by atoms with E-state index < -0.39 is 0 Å². The lowest BCUT2D eigenvalue weighted by molar-refractivity contribution is 0.223. The molecule has 0 saturated carbocycles. The van der Waals surface area contributed by atoms with Crippen LogP contribution < -0.4 is 15.4 Å². The van der Waals surface area contributed by atoms with E-state index in [1.165, 1.54) is 5.56 Å². The second kappa shape index (κ2) is 10.6. The van der Waals surface area contributed by atoms with Crippen LogP contribution in [-0.4, -0.2) is 34.7 Å². The second-order valence-electron chi connectivity index (χ2n) is 7.21. The van der Waals surface area contributed by atoms with Crippen molar-refractivity contribution in [2.75, 3.05) is 13.1 Å². The van der Waals surface area contributed by atoms with Gasteiger partial charge in [0, 0.05) is 25.5 Å². The van der Waals surface area contributed by atoms with Crippen LogP contribution in [0.15, 0.2) is 41.7 Å². The first kappa shape index (κ1) is 20.8. The van der Waals surface area contributed by atoms with Crippen molar-refractivity contribution in [2.45, 2.75) is 53.8 Å². The van der Waals surface area contributed by atoms with E-state index in [0.717, 1.165) is 30.6 Å². The monoisotopic (exact) mass is 371 g/mol. The van der Waals surface area contributed by atoms with E-state index in [1.54, 1.807) is 0 Å². The van der Waals surface area contributed by atoms with Gasteiger partial charge in [-0.15, -0.1) is 0 Å². The Morgan fingerprint density at radius 3 is 2.78 bits per heavy atom. The van der Waals surface area contributed by atoms with Crippen LogP contribution in [-0.2, 0) is 13.1 Å². The Morgan fingerprint density at radius 2 is 2.07 bits per heavy atom. The van der Waals surface area contributed by atoms with Gasteiger partial charge in [-0.1, -0.05) is 26.0 Å². The molecule has 0 amide bonds. The zero-order valence-corrected chi connectivity index (χ0v) is 17.2. The summed E-state index contributed by atoms with van der Waals surface area (Å²) in [6, 6.07) is 8.10. The van der Waals surface area contributed by atoms with E-state index in [1.807, 2.05) is 37.5 Å². The molecule has 6 nitrogen and oxygen atoms in total. The van der Waals surface area contributed by atoms with Gasteiger partial charge in [0.1, 0.15) is 24.2 Å². The van der Waals surface area contributed by atoms with E-state index in [-0.39, 0.29) is 6.10 Å². The molecule has 1 aromatic heterocycles. The van der Waals surface area contributed by atoms with Crippen LogP contribution in [0.5, 0.6) is 5.75 Å². The predicted octanol–water partition coefficient (Wildman–Crippen LogP) is 3.37. The maximum Gasteiger partial charge on any atom is 0.191 e. The number of ether oxygens (including phenoxy) is 1. The molecule has 2 aromatic rings. The smallest absolute Gasteiger partial charge is 0.191 e. The summed E-state index contributed by atoms with van der Waals surface area (Å²) in [6.07, 6.45) is 3.88. The third-order valence-electron chi connectivity index (χ3n) is 3.97. The number of rotatable bonds is 9. The fourth-order valence-electron chi connectivity index (χ4n) is 2.75. The number of nitrogens with zero attached hydrogens (tertiary/aromatic N) is 3. The van der Waals surface area contributed by atoms with E-state index in [4.69, 9.17) is 4.74 Å². The van der Waals surface area contributed by atoms with Crippen molar-refractivity contribution in [3.63, 3.8) is 0 Å². The van der Waals surface area contributed by atoms with Crippen LogP contribution in [0, 0.1) is 12.8 Å². The van der Waals surface area contributed by atoms with Crippen molar-refractivity contribution in [2.24, 2.45) is 10.9 Å². The first-order chi connectivity index (χ1) is 13.0. The molecule has 2 rings (SSSR count). The maximum absolute atomic E-state index is 5.98. The number of guanidine groups is 1. The first-order valence-electron chi connectivity index (χ1n) is 9.73. The number of aliphatic imine (C=N–C) groups is 1.